The molecule has 1 aromatic rings. The molecule has 0 saturated heterocycles. The molecule has 0 spiro atoms. The van der Waals surface area contributed by atoms with Crippen molar-refractivity contribution < 1.29 is 9.53 Å². The summed E-state index contributed by atoms with van der Waals surface area (Å²) in [7, 11) is 0. The molecule has 66 valence electrons. The third-order valence-electron chi connectivity index (χ3n) is 1.54. The first-order valence-corrected chi connectivity index (χ1v) is 4.85. The van der Waals surface area contributed by atoms with Crippen LogP contribution in [0.25, 0.3) is 0 Å². The lowest BCUT2D eigenvalue weighted by atomic mass is 10.3. The lowest BCUT2D eigenvalue weighted by molar-refractivity contribution is -0.148. The number of esters is 1. The fourth-order valence-corrected chi connectivity index (χ4v) is 1.57. The van der Waals surface area contributed by atoms with Crippen LogP contribution in [0.15, 0.2) is 17.5 Å². The molecule has 1 atom stereocenters. The number of thiophene rings is 1. The highest BCUT2D eigenvalue weighted by molar-refractivity contribution is 7.10. The second-order valence-electron chi connectivity index (χ2n) is 2.50. The summed E-state index contributed by atoms with van der Waals surface area (Å²) < 4.78 is 5.12. The fraction of sp³-hybridized carbons (Fsp3) is 0.444. The van der Waals surface area contributed by atoms with Crippen LogP contribution in [0.2, 0.25) is 0 Å². The maximum atomic E-state index is 10.9. The molecule has 0 bridgehead atoms. The Bertz CT molecular complexity index is 241. The van der Waals surface area contributed by atoms with Gasteiger partial charge in [0.2, 0.25) is 0 Å². The van der Waals surface area contributed by atoms with E-state index >= 15 is 0 Å². The lowest BCUT2D eigenvalue weighted by Gasteiger charge is -2.09. The van der Waals surface area contributed by atoms with Gasteiger partial charge in [0.1, 0.15) is 6.10 Å². The Morgan fingerprint density at radius 3 is 3.00 bits per heavy atom. The van der Waals surface area contributed by atoms with Gasteiger partial charge in [0.25, 0.3) is 0 Å². The molecule has 12 heavy (non-hydrogen) atoms. The summed E-state index contributed by atoms with van der Waals surface area (Å²) in [5, 5.41) is 1.98. The number of carbonyl (C=O) groups is 1. The van der Waals surface area contributed by atoms with Crippen LogP contribution in [0.3, 0.4) is 0 Å². The van der Waals surface area contributed by atoms with Crippen molar-refractivity contribution in [3.8, 4) is 0 Å². The van der Waals surface area contributed by atoms with Crippen LogP contribution >= 0.6 is 11.3 Å². The summed E-state index contributed by atoms with van der Waals surface area (Å²) >= 11 is 1.61. The lowest BCUT2D eigenvalue weighted by Crippen LogP contribution is -2.05. The quantitative estimate of drug-likeness (QED) is 0.675. The first-order valence-electron chi connectivity index (χ1n) is 3.97. The summed E-state index contributed by atoms with van der Waals surface area (Å²) in [6.45, 7) is 3.68. The Morgan fingerprint density at radius 1 is 1.75 bits per heavy atom. The molecule has 0 aliphatic rings. The highest BCUT2D eigenvalue weighted by Gasteiger charge is 2.09. The zero-order chi connectivity index (χ0) is 8.97. The molecular formula is C9H12O2S. The first kappa shape index (κ1) is 9.26. The minimum atomic E-state index is -0.143. The molecule has 1 unspecified atom stereocenters. The number of carbonyl (C=O) groups excluding carboxylic acids is 1. The van der Waals surface area contributed by atoms with E-state index in [4.69, 9.17) is 4.74 Å². The monoisotopic (exact) mass is 184 g/mol. The van der Waals surface area contributed by atoms with Crippen LogP contribution in [-0.2, 0) is 9.53 Å². The molecule has 1 heterocycles. The van der Waals surface area contributed by atoms with Crippen LogP contribution in [0.5, 0.6) is 0 Å². The van der Waals surface area contributed by atoms with Gasteiger partial charge in [0.05, 0.1) is 0 Å². The van der Waals surface area contributed by atoms with Crippen LogP contribution in [0.1, 0.15) is 31.2 Å². The molecule has 0 aliphatic heterocycles. The Hall–Kier alpha value is -0.830. The van der Waals surface area contributed by atoms with Crippen molar-refractivity contribution in [2.24, 2.45) is 0 Å². The summed E-state index contributed by atoms with van der Waals surface area (Å²) in [6.07, 6.45) is 0.341. The van der Waals surface area contributed by atoms with E-state index < -0.39 is 0 Å². The number of ether oxygens (including phenoxy) is 1. The van der Waals surface area contributed by atoms with E-state index in [0.717, 1.165) is 4.88 Å². The molecular weight excluding hydrogens is 172 g/mol. The molecule has 0 aliphatic carbocycles. The summed E-state index contributed by atoms with van der Waals surface area (Å²) in [6, 6.07) is 3.93. The van der Waals surface area contributed by atoms with E-state index in [2.05, 4.69) is 0 Å². The van der Waals surface area contributed by atoms with Gasteiger partial charge in [-0.15, -0.1) is 11.3 Å². The van der Waals surface area contributed by atoms with E-state index in [1.807, 2.05) is 24.4 Å². The predicted octanol–water partition coefficient (Wildman–Crippen LogP) is 2.76. The van der Waals surface area contributed by atoms with Gasteiger partial charge >= 0.3 is 5.97 Å². The maximum absolute atomic E-state index is 10.9. The minimum absolute atomic E-state index is 0.0996. The van der Waals surface area contributed by atoms with E-state index in [0.29, 0.717) is 6.42 Å². The highest BCUT2D eigenvalue weighted by Crippen LogP contribution is 2.21. The van der Waals surface area contributed by atoms with Crippen molar-refractivity contribution in [2.45, 2.75) is 26.4 Å². The Morgan fingerprint density at radius 2 is 2.50 bits per heavy atom. The standard InChI is InChI=1S/C9H12O2S/c1-3-9(10)11-7(2)8-5-4-6-12-8/h4-7H,3H2,1-2H3. The van der Waals surface area contributed by atoms with Gasteiger partial charge in [-0.2, -0.15) is 0 Å². The van der Waals surface area contributed by atoms with Crippen LogP contribution in [0, 0.1) is 0 Å². The van der Waals surface area contributed by atoms with Gasteiger partial charge in [-0.25, -0.2) is 0 Å². The molecule has 2 nitrogen and oxygen atoms in total. The average molecular weight is 184 g/mol. The smallest absolute Gasteiger partial charge is 0.306 e. The summed E-state index contributed by atoms with van der Waals surface area (Å²) in [5.41, 5.74) is 0. The Kier molecular flexibility index (Phi) is 3.29. The van der Waals surface area contributed by atoms with Crippen molar-refractivity contribution >= 4 is 17.3 Å². The van der Waals surface area contributed by atoms with E-state index in [9.17, 15) is 4.79 Å². The molecule has 0 N–H and O–H groups in total. The van der Waals surface area contributed by atoms with Gasteiger partial charge in [-0.1, -0.05) is 13.0 Å². The summed E-state index contributed by atoms with van der Waals surface area (Å²) in [4.78, 5) is 12.0. The normalized spacial score (nSPS) is 12.5. The second kappa shape index (κ2) is 4.26. The molecule has 0 fully saturated rings. The van der Waals surface area contributed by atoms with Crippen molar-refractivity contribution in [3.05, 3.63) is 22.4 Å². The highest BCUT2D eigenvalue weighted by atomic mass is 32.1. The van der Waals surface area contributed by atoms with Gasteiger partial charge in [-0.3, -0.25) is 4.79 Å². The van der Waals surface area contributed by atoms with Crippen molar-refractivity contribution in [2.75, 3.05) is 0 Å². The summed E-state index contributed by atoms with van der Waals surface area (Å²) in [5.74, 6) is -0.143. The second-order valence-corrected chi connectivity index (χ2v) is 3.48. The maximum Gasteiger partial charge on any atom is 0.306 e. The van der Waals surface area contributed by atoms with Crippen molar-refractivity contribution in [1.29, 1.82) is 0 Å². The van der Waals surface area contributed by atoms with Crippen molar-refractivity contribution in [3.63, 3.8) is 0 Å². The molecule has 3 heteroatoms. The predicted molar refractivity (Wildman–Crippen MR) is 49.1 cm³/mol. The van der Waals surface area contributed by atoms with Crippen LogP contribution in [0.4, 0.5) is 0 Å². The zero-order valence-corrected chi connectivity index (χ0v) is 8.06. The molecule has 0 radical (unpaired) electrons. The van der Waals surface area contributed by atoms with E-state index in [-0.39, 0.29) is 12.1 Å². The first-order chi connectivity index (χ1) is 5.74. The molecule has 1 aromatic heterocycles. The van der Waals surface area contributed by atoms with Gasteiger partial charge in [0, 0.05) is 11.3 Å². The van der Waals surface area contributed by atoms with Crippen LogP contribution < -0.4 is 0 Å². The Labute approximate surface area is 76.2 Å². The molecule has 0 amide bonds. The van der Waals surface area contributed by atoms with Crippen LogP contribution in [-0.4, -0.2) is 5.97 Å². The number of rotatable bonds is 3. The third kappa shape index (κ3) is 2.34. The largest absolute Gasteiger partial charge is 0.457 e. The number of hydrogen-bond acceptors (Lipinski definition) is 3. The molecule has 0 aromatic carbocycles. The van der Waals surface area contributed by atoms with Gasteiger partial charge < -0.3 is 4.74 Å². The molecule has 1 rings (SSSR count). The van der Waals surface area contributed by atoms with Gasteiger partial charge in [0.15, 0.2) is 0 Å². The minimum Gasteiger partial charge on any atom is -0.457 e. The SMILES string of the molecule is CCC(=O)OC(C)c1cccs1. The Balaban J connectivity index is 2.49. The van der Waals surface area contributed by atoms with Crippen molar-refractivity contribution in [1.82, 2.24) is 0 Å². The number of hydrogen-bond donors (Lipinski definition) is 0. The van der Waals surface area contributed by atoms with E-state index in [1.165, 1.54) is 0 Å². The zero-order valence-electron chi connectivity index (χ0n) is 7.24. The fourth-order valence-electron chi connectivity index (χ4n) is 0.861. The molecule has 0 saturated carbocycles. The average Bonchev–Trinajstić information content (AvgIpc) is 2.56. The topological polar surface area (TPSA) is 26.3 Å². The third-order valence-corrected chi connectivity index (χ3v) is 2.57. The van der Waals surface area contributed by atoms with Gasteiger partial charge in [-0.05, 0) is 18.4 Å². The van der Waals surface area contributed by atoms with E-state index in [1.54, 1.807) is 18.3 Å².